The summed E-state index contributed by atoms with van der Waals surface area (Å²) in [7, 11) is 3.15. The molecular formula is C14H17NO4. The molecule has 0 saturated carbocycles. The van der Waals surface area contributed by atoms with Gasteiger partial charge in [0.2, 0.25) is 11.8 Å². The van der Waals surface area contributed by atoms with E-state index in [1.54, 1.807) is 26.4 Å². The summed E-state index contributed by atoms with van der Waals surface area (Å²) >= 11 is 0. The van der Waals surface area contributed by atoms with E-state index in [1.807, 2.05) is 13.0 Å². The van der Waals surface area contributed by atoms with Crippen LogP contribution in [-0.2, 0) is 9.59 Å². The van der Waals surface area contributed by atoms with Crippen molar-refractivity contribution in [2.24, 2.45) is 5.92 Å². The van der Waals surface area contributed by atoms with Crippen LogP contribution in [-0.4, -0.2) is 26.0 Å². The van der Waals surface area contributed by atoms with Crippen LogP contribution in [0.15, 0.2) is 18.2 Å². The number of rotatable bonds is 3. The highest BCUT2D eigenvalue weighted by atomic mass is 16.5. The summed E-state index contributed by atoms with van der Waals surface area (Å²) in [5, 5.41) is 2.34. The molecule has 19 heavy (non-hydrogen) atoms. The third-order valence-corrected chi connectivity index (χ3v) is 3.52. The van der Waals surface area contributed by atoms with E-state index in [-0.39, 0.29) is 30.1 Å². The molecule has 0 aliphatic carbocycles. The molecular weight excluding hydrogens is 246 g/mol. The van der Waals surface area contributed by atoms with Crippen LogP contribution in [0.2, 0.25) is 0 Å². The molecule has 0 aromatic heterocycles. The van der Waals surface area contributed by atoms with E-state index >= 15 is 0 Å². The van der Waals surface area contributed by atoms with Crippen LogP contribution in [0.5, 0.6) is 11.5 Å². The summed E-state index contributed by atoms with van der Waals surface area (Å²) in [5.74, 6) is 0.385. The van der Waals surface area contributed by atoms with E-state index in [0.717, 1.165) is 5.56 Å². The Hall–Kier alpha value is -2.04. The second-order valence-corrected chi connectivity index (χ2v) is 4.62. The average molecular weight is 263 g/mol. The number of carbonyl (C=O) groups is 2. The first kappa shape index (κ1) is 13.4. The van der Waals surface area contributed by atoms with Crippen molar-refractivity contribution in [2.75, 3.05) is 14.2 Å². The van der Waals surface area contributed by atoms with Gasteiger partial charge in [0.15, 0.2) is 0 Å². The molecule has 5 heteroatoms. The molecule has 1 heterocycles. The van der Waals surface area contributed by atoms with Gasteiger partial charge in [-0.3, -0.25) is 14.9 Å². The van der Waals surface area contributed by atoms with E-state index in [4.69, 9.17) is 9.47 Å². The Balaban J connectivity index is 2.43. The predicted octanol–water partition coefficient (Wildman–Crippen LogP) is 1.47. The van der Waals surface area contributed by atoms with E-state index < -0.39 is 0 Å². The second kappa shape index (κ2) is 5.30. The molecule has 0 radical (unpaired) electrons. The van der Waals surface area contributed by atoms with E-state index in [1.165, 1.54) is 0 Å². The maximum absolute atomic E-state index is 11.7. The number of methoxy groups -OCH3 is 2. The highest BCUT2D eigenvalue weighted by molar-refractivity contribution is 5.99. The lowest BCUT2D eigenvalue weighted by Gasteiger charge is -2.29. The fourth-order valence-electron chi connectivity index (χ4n) is 2.37. The Morgan fingerprint density at radius 1 is 1.21 bits per heavy atom. The van der Waals surface area contributed by atoms with Gasteiger partial charge in [0, 0.05) is 23.8 Å². The molecule has 2 unspecified atom stereocenters. The number of nitrogens with one attached hydrogen (secondary N) is 1. The molecule has 2 amide bonds. The first-order valence-electron chi connectivity index (χ1n) is 6.12. The van der Waals surface area contributed by atoms with E-state index in [2.05, 4.69) is 5.32 Å². The van der Waals surface area contributed by atoms with Crippen molar-refractivity contribution in [1.82, 2.24) is 5.32 Å². The van der Waals surface area contributed by atoms with Crippen LogP contribution in [0, 0.1) is 5.92 Å². The van der Waals surface area contributed by atoms with Gasteiger partial charge >= 0.3 is 0 Å². The summed E-state index contributed by atoms with van der Waals surface area (Å²) < 4.78 is 10.5. The Bertz CT molecular complexity index is 512. The minimum Gasteiger partial charge on any atom is -0.497 e. The number of imide groups is 1. The number of benzene rings is 1. The Morgan fingerprint density at radius 3 is 2.58 bits per heavy atom. The van der Waals surface area contributed by atoms with Gasteiger partial charge in [-0.15, -0.1) is 0 Å². The zero-order valence-corrected chi connectivity index (χ0v) is 11.2. The minimum absolute atomic E-state index is 0.189. The molecule has 1 aromatic carbocycles. The van der Waals surface area contributed by atoms with E-state index in [9.17, 15) is 9.59 Å². The van der Waals surface area contributed by atoms with Gasteiger partial charge in [0.25, 0.3) is 0 Å². The monoisotopic (exact) mass is 263 g/mol. The number of hydrogen-bond acceptors (Lipinski definition) is 4. The highest BCUT2D eigenvalue weighted by Gasteiger charge is 2.35. The first-order chi connectivity index (χ1) is 9.06. The van der Waals surface area contributed by atoms with Crippen molar-refractivity contribution >= 4 is 11.8 Å². The van der Waals surface area contributed by atoms with Crippen molar-refractivity contribution in [2.45, 2.75) is 19.3 Å². The molecule has 102 valence electrons. The summed E-state index contributed by atoms with van der Waals surface area (Å²) in [4.78, 5) is 23.3. The van der Waals surface area contributed by atoms with Gasteiger partial charge in [-0.1, -0.05) is 6.92 Å². The number of piperidine rings is 1. The molecule has 1 fully saturated rings. The minimum atomic E-state index is -0.279. The third kappa shape index (κ3) is 2.54. The molecule has 1 N–H and O–H groups in total. The molecule has 0 spiro atoms. The molecule has 2 atom stereocenters. The number of carbonyl (C=O) groups excluding carboxylic acids is 2. The van der Waals surface area contributed by atoms with Gasteiger partial charge in [-0.05, 0) is 18.2 Å². The number of amides is 2. The first-order valence-corrected chi connectivity index (χ1v) is 6.12. The number of hydrogen-bond donors (Lipinski definition) is 1. The smallest absolute Gasteiger partial charge is 0.230 e. The van der Waals surface area contributed by atoms with Crippen LogP contribution in [0.3, 0.4) is 0 Å². The lowest BCUT2D eigenvalue weighted by molar-refractivity contribution is -0.136. The summed E-state index contributed by atoms with van der Waals surface area (Å²) in [6.07, 6.45) is 0.274. The van der Waals surface area contributed by atoms with Crippen LogP contribution in [0.25, 0.3) is 0 Å². The fraction of sp³-hybridized carbons (Fsp3) is 0.429. The maximum atomic E-state index is 11.7. The van der Waals surface area contributed by atoms with Crippen molar-refractivity contribution in [3.05, 3.63) is 23.8 Å². The van der Waals surface area contributed by atoms with Crippen molar-refractivity contribution < 1.29 is 19.1 Å². The standard InChI is InChI=1S/C14H17NO4/c1-8-10(7-13(16)15-14(8)17)11-6-9(18-2)4-5-12(11)19-3/h4-6,8,10H,7H2,1-3H3,(H,15,16,17). The van der Waals surface area contributed by atoms with Crippen LogP contribution < -0.4 is 14.8 Å². The fourth-order valence-corrected chi connectivity index (χ4v) is 2.37. The zero-order chi connectivity index (χ0) is 14.0. The molecule has 0 bridgehead atoms. The predicted molar refractivity (Wildman–Crippen MR) is 69.2 cm³/mol. The molecule has 1 aliphatic rings. The van der Waals surface area contributed by atoms with Crippen LogP contribution >= 0.6 is 0 Å². The van der Waals surface area contributed by atoms with Gasteiger partial charge < -0.3 is 9.47 Å². The second-order valence-electron chi connectivity index (χ2n) is 4.62. The molecule has 2 rings (SSSR count). The zero-order valence-electron chi connectivity index (χ0n) is 11.2. The quantitative estimate of drug-likeness (QED) is 0.839. The van der Waals surface area contributed by atoms with Gasteiger partial charge in [0.1, 0.15) is 11.5 Å². The summed E-state index contributed by atoms with van der Waals surface area (Å²) in [6, 6.07) is 5.40. The van der Waals surface area contributed by atoms with Crippen LogP contribution in [0.1, 0.15) is 24.8 Å². The largest absolute Gasteiger partial charge is 0.497 e. The average Bonchev–Trinajstić information content (AvgIpc) is 2.42. The highest BCUT2D eigenvalue weighted by Crippen LogP contribution is 2.38. The van der Waals surface area contributed by atoms with Gasteiger partial charge in [0.05, 0.1) is 14.2 Å². The van der Waals surface area contributed by atoms with Gasteiger partial charge in [-0.25, -0.2) is 0 Å². The third-order valence-electron chi connectivity index (χ3n) is 3.52. The summed E-state index contributed by atoms with van der Waals surface area (Å²) in [6.45, 7) is 1.81. The van der Waals surface area contributed by atoms with Crippen LogP contribution in [0.4, 0.5) is 0 Å². The van der Waals surface area contributed by atoms with Crippen molar-refractivity contribution in [1.29, 1.82) is 0 Å². The molecule has 1 aliphatic heterocycles. The Morgan fingerprint density at radius 2 is 1.95 bits per heavy atom. The maximum Gasteiger partial charge on any atom is 0.230 e. The van der Waals surface area contributed by atoms with Crippen molar-refractivity contribution in [3.8, 4) is 11.5 Å². The number of ether oxygens (including phenoxy) is 2. The van der Waals surface area contributed by atoms with E-state index in [0.29, 0.717) is 11.5 Å². The summed E-state index contributed by atoms with van der Waals surface area (Å²) in [5.41, 5.74) is 0.831. The topological polar surface area (TPSA) is 64.6 Å². The Kier molecular flexibility index (Phi) is 3.74. The SMILES string of the molecule is COc1ccc(OC)c(C2CC(=O)NC(=O)C2C)c1. The van der Waals surface area contributed by atoms with Crippen molar-refractivity contribution in [3.63, 3.8) is 0 Å². The lowest BCUT2D eigenvalue weighted by Crippen LogP contribution is -2.43. The lowest BCUT2D eigenvalue weighted by atomic mass is 9.81. The molecule has 1 saturated heterocycles. The Labute approximate surface area is 111 Å². The molecule has 5 nitrogen and oxygen atoms in total. The molecule has 1 aromatic rings. The normalized spacial score (nSPS) is 22.9. The van der Waals surface area contributed by atoms with Gasteiger partial charge in [-0.2, -0.15) is 0 Å².